The van der Waals surface area contributed by atoms with Gasteiger partial charge in [-0.1, -0.05) is 93.4 Å². The van der Waals surface area contributed by atoms with E-state index in [9.17, 15) is 0 Å². The van der Waals surface area contributed by atoms with Crippen LogP contribution in [0.5, 0.6) is 0 Å². The van der Waals surface area contributed by atoms with Crippen LogP contribution in [0.2, 0.25) is 0 Å². The Labute approximate surface area is 152 Å². The van der Waals surface area contributed by atoms with Crippen molar-refractivity contribution in [2.45, 2.75) is 64.1 Å². The molecule has 0 radical (unpaired) electrons. The molecular weight excluding hydrogens is 304 g/mol. The van der Waals surface area contributed by atoms with Gasteiger partial charge in [0.1, 0.15) is 0 Å². The molecule has 3 rings (SSSR count). The van der Waals surface area contributed by atoms with Crippen LogP contribution in [0, 0.1) is 0 Å². The molecule has 1 saturated heterocycles. The average Bonchev–Trinajstić information content (AvgIpc) is 3.09. The van der Waals surface area contributed by atoms with E-state index in [1.807, 2.05) is 0 Å². The maximum atomic E-state index is 6.79. The quantitative estimate of drug-likeness (QED) is 0.531. The highest BCUT2D eigenvalue weighted by molar-refractivity contribution is 5.55. The maximum absolute atomic E-state index is 6.79. The Morgan fingerprint density at radius 2 is 1.68 bits per heavy atom. The zero-order valence-corrected chi connectivity index (χ0v) is 15.6. The summed E-state index contributed by atoms with van der Waals surface area (Å²) < 4.78 is 6.79. The molecule has 2 unspecified atom stereocenters. The monoisotopic (exact) mass is 334 g/mol. The van der Waals surface area contributed by atoms with Crippen LogP contribution in [0.25, 0.3) is 6.08 Å². The third-order valence-electron chi connectivity index (χ3n) is 5.25. The van der Waals surface area contributed by atoms with Crippen LogP contribution in [-0.2, 0) is 4.74 Å². The van der Waals surface area contributed by atoms with Crippen LogP contribution < -0.4 is 0 Å². The lowest BCUT2D eigenvalue weighted by molar-refractivity contribution is -0.0239. The normalized spacial score (nSPS) is 23.8. The van der Waals surface area contributed by atoms with Crippen molar-refractivity contribution < 1.29 is 4.74 Å². The van der Waals surface area contributed by atoms with Gasteiger partial charge < -0.3 is 4.74 Å². The summed E-state index contributed by atoms with van der Waals surface area (Å²) in [6, 6.07) is 21.4. The summed E-state index contributed by atoms with van der Waals surface area (Å²) in [5.41, 5.74) is 3.98. The Morgan fingerprint density at radius 3 is 2.32 bits per heavy atom. The topological polar surface area (TPSA) is 9.23 Å². The van der Waals surface area contributed by atoms with Crippen molar-refractivity contribution in [1.29, 1.82) is 0 Å². The largest absolute Gasteiger partial charge is 0.363 e. The van der Waals surface area contributed by atoms with Gasteiger partial charge in [-0.2, -0.15) is 0 Å². The zero-order chi connectivity index (χ0) is 17.5. The van der Waals surface area contributed by atoms with Gasteiger partial charge in [0.15, 0.2) is 0 Å². The third-order valence-corrected chi connectivity index (χ3v) is 5.25. The first kappa shape index (κ1) is 17.9. The highest BCUT2D eigenvalue weighted by Crippen LogP contribution is 2.47. The van der Waals surface area contributed by atoms with E-state index < -0.39 is 0 Å². The Morgan fingerprint density at radius 1 is 1.00 bits per heavy atom. The maximum Gasteiger partial charge on any atom is 0.0904 e. The molecule has 0 bridgehead atoms. The molecule has 0 amide bonds. The fourth-order valence-corrected chi connectivity index (χ4v) is 4.09. The number of hydrogen-bond donors (Lipinski definition) is 0. The Hall–Kier alpha value is -1.86. The smallest absolute Gasteiger partial charge is 0.0904 e. The van der Waals surface area contributed by atoms with Gasteiger partial charge in [-0.25, -0.2) is 0 Å². The number of rotatable bonds is 7. The molecule has 1 fully saturated rings. The molecule has 0 N–H and O–H groups in total. The summed E-state index contributed by atoms with van der Waals surface area (Å²) in [4.78, 5) is 0. The number of ether oxygens (including phenoxy) is 1. The molecule has 132 valence electrons. The van der Waals surface area contributed by atoms with E-state index in [0.717, 1.165) is 38.5 Å². The standard InChI is InChI=1S/C24H30O/c1-3-11-22(19-20-12-7-5-8-13-20)24(17-4-2)18-16-23(25-24)21-14-9-6-10-15-21/h5-10,12-15,19,23H,3-4,11,16-18H2,1-2H3/b22-19-. The lowest BCUT2D eigenvalue weighted by atomic mass is 9.82. The molecule has 2 aromatic rings. The fourth-order valence-electron chi connectivity index (χ4n) is 4.09. The highest BCUT2D eigenvalue weighted by atomic mass is 16.5. The Bertz CT molecular complexity index is 674. The van der Waals surface area contributed by atoms with Gasteiger partial charge in [-0.3, -0.25) is 0 Å². The van der Waals surface area contributed by atoms with Gasteiger partial charge >= 0.3 is 0 Å². The first-order valence-electron chi connectivity index (χ1n) is 9.76. The Kier molecular flexibility index (Phi) is 6.09. The molecule has 1 aliphatic rings. The van der Waals surface area contributed by atoms with Crippen LogP contribution in [0.15, 0.2) is 66.2 Å². The molecule has 25 heavy (non-hydrogen) atoms. The predicted octanol–water partition coefficient (Wildman–Crippen LogP) is 6.96. The van der Waals surface area contributed by atoms with Gasteiger partial charge in [0.05, 0.1) is 11.7 Å². The minimum atomic E-state index is -0.0961. The van der Waals surface area contributed by atoms with Gasteiger partial charge in [0.2, 0.25) is 0 Å². The van der Waals surface area contributed by atoms with Crippen LogP contribution in [0.1, 0.15) is 69.6 Å². The minimum Gasteiger partial charge on any atom is -0.363 e. The van der Waals surface area contributed by atoms with E-state index in [-0.39, 0.29) is 11.7 Å². The summed E-state index contributed by atoms with van der Waals surface area (Å²) in [5.74, 6) is 0. The van der Waals surface area contributed by atoms with Crippen LogP contribution >= 0.6 is 0 Å². The van der Waals surface area contributed by atoms with Crippen LogP contribution in [0.4, 0.5) is 0 Å². The molecule has 1 aliphatic heterocycles. The molecule has 1 heteroatoms. The van der Waals surface area contributed by atoms with Crippen molar-refractivity contribution in [2.24, 2.45) is 0 Å². The molecule has 0 spiro atoms. The highest BCUT2D eigenvalue weighted by Gasteiger charge is 2.42. The van der Waals surface area contributed by atoms with E-state index in [2.05, 4.69) is 80.6 Å². The van der Waals surface area contributed by atoms with Crippen molar-refractivity contribution >= 4 is 6.08 Å². The van der Waals surface area contributed by atoms with Gasteiger partial charge in [-0.15, -0.1) is 0 Å². The molecular formula is C24H30O. The van der Waals surface area contributed by atoms with Crippen LogP contribution in [0.3, 0.4) is 0 Å². The lowest BCUT2D eigenvalue weighted by Crippen LogP contribution is -2.30. The average molecular weight is 335 g/mol. The summed E-state index contributed by atoms with van der Waals surface area (Å²) in [5, 5.41) is 0. The Balaban J connectivity index is 1.91. The molecule has 0 aliphatic carbocycles. The third kappa shape index (κ3) is 4.22. The lowest BCUT2D eigenvalue weighted by Gasteiger charge is -2.33. The molecule has 0 saturated carbocycles. The van der Waals surface area contributed by atoms with Crippen molar-refractivity contribution in [3.63, 3.8) is 0 Å². The molecule has 1 nitrogen and oxygen atoms in total. The van der Waals surface area contributed by atoms with Gasteiger partial charge in [0.25, 0.3) is 0 Å². The van der Waals surface area contributed by atoms with Crippen LogP contribution in [-0.4, -0.2) is 5.60 Å². The van der Waals surface area contributed by atoms with Gasteiger partial charge in [0, 0.05) is 0 Å². The zero-order valence-electron chi connectivity index (χ0n) is 15.6. The molecule has 0 aromatic heterocycles. The van der Waals surface area contributed by atoms with E-state index in [0.29, 0.717) is 0 Å². The second-order valence-electron chi connectivity index (χ2n) is 7.13. The summed E-state index contributed by atoms with van der Waals surface area (Å²) in [6.07, 6.45) is 9.36. The van der Waals surface area contributed by atoms with E-state index in [1.165, 1.54) is 16.7 Å². The fraction of sp³-hybridized carbons (Fsp3) is 0.417. The number of hydrogen-bond acceptors (Lipinski definition) is 1. The second-order valence-corrected chi connectivity index (χ2v) is 7.13. The summed E-state index contributed by atoms with van der Waals surface area (Å²) in [6.45, 7) is 4.54. The predicted molar refractivity (Wildman–Crippen MR) is 106 cm³/mol. The first-order chi connectivity index (χ1) is 12.3. The minimum absolute atomic E-state index is 0.0961. The van der Waals surface area contributed by atoms with E-state index >= 15 is 0 Å². The second kappa shape index (κ2) is 8.49. The van der Waals surface area contributed by atoms with Crippen molar-refractivity contribution in [2.75, 3.05) is 0 Å². The van der Waals surface area contributed by atoms with Crippen molar-refractivity contribution in [3.8, 4) is 0 Å². The summed E-state index contributed by atoms with van der Waals surface area (Å²) >= 11 is 0. The summed E-state index contributed by atoms with van der Waals surface area (Å²) in [7, 11) is 0. The molecule has 2 aromatic carbocycles. The van der Waals surface area contributed by atoms with Crippen molar-refractivity contribution in [3.05, 3.63) is 77.4 Å². The van der Waals surface area contributed by atoms with Crippen molar-refractivity contribution in [1.82, 2.24) is 0 Å². The number of benzene rings is 2. The molecule has 2 atom stereocenters. The SMILES string of the molecule is CCC/C(=C/c1ccccc1)C1(CCC)CCC(c2ccccc2)O1. The molecule has 1 heterocycles. The first-order valence-corrected chi connectivity index (χ1v) is 9.76. The van der Waals surface area contributed by atoms with E-state index in [1.54, 1.807) is 0 Å². The van der Waals surface area contributed by atoms with E-state index in [4.69, 9.17) is 4.74 Å². The van der Waals surface area contributed by atoms with Gasteiger partial charge in [-0.05, 0) is 42.4 Å².